The lowest BCUT2D eigenvalue weighted by Crippen LogP contribution is -2.41. The fourth-order valence-corrected chi connectivity index (χ4v) is 2.53. The summed E-state index contributed by atoms with van der Waals surface area (Å²) in [6.45, 7) is 1.90. The van der Waals surface area contributed by atoms with Crippen molar-refractivity contribution in [3.63, 3.8) is 0 Å². The third-order valence-electron chi connectivity index (χ3n) is 3.57. The quantitative estimate of drug-likeness (QED) is 0.299. The van der Waals surface area contributed by atoms with Gasteiger partial charge in [-0.05, 0) is 42.8 Å². The summed E-state index contributed by atoms with van der Waals surface area (Å²) in [5.74, 6) is -0.993. The summed E-state index contributed by atoms with van der Waals surface area (Å²) in [4.78, 5) is 16.0. The number of anilines is 1. The van der Waals surface area contributed by atoms with Crippen LogP contribution in [0.15, 0.2) is 45.9 Å². The number of hydrogen-bond acceptors (Lipinski definition) is 2. The van der Waals surface area contributed by atoms with E-state index in [9.17, 15) is 13.6 Å². The molecule has 0 bridgehead atoms. The number of amides is 1. The molecule has 146 valence electrons. The molecule has 0 fully saturated rings. The molecule has 0 aromatic heterocycles. The van der Waals surface area contributed by atoms with Crippen LogP contribution in [0.1, 0.15) is 11.1 Å². The molecule has 2 aromatic carbocycles. The van der Waals surface area contributed by atoms with E-state index in [1.165, 1.54) is 7.05 Å². The first kappa shape index (κ1) is 23.3. The number of carbonyl (C=O) groups is 1. The number of aryl methyl sites for hydroxylation is 1. The van der Waals surface area contributed by atoms with Gasteiger partial charge < -0.3 is 16.0 Å². The lowest BCUT2D eigenvalue weighted by molar-refractivity contribution is -0.115. The monoisotopic (exact) mass is 552 g/mol. The molecule has 3 N–H and O–H groups in total. The summed E-state index contributed by atoms with van der Waals surface area (Å²) in [6.07, 6.45) is 0. The summed E-state index contributed by atoms with van der Waals surface area (Å²) in [5.41, 5.74) is 1.81. The second-order valence-corrected chi connectivity index (χ2v) is 6.44. The number of hydrogen-bond donors (Lipinski definition) is 3. The lowest BCUT2D eigenvalue weighted by Gasteiger charge is -2.13. The molecule has 2 aromatic rings. The van der Waals surface area contributed by atoms with Gasteiger partial charge in [0.1, 0.15) is 11.6 Å². The highest BCUT2D eigenvalue weighted by atomic mass is 127. The molecule has 0 radical (unpaired) electrons. The number of nitrogens with one attached hydrogen (secondary N) is 3. The first-order valence-electron chi connectivity index (χ1n) is 7.83. The van der Waals surface area contributed by atoms with Gasteiger partial charge in [0, 0.05) is 29.3 Å². The minimum absolute atomic E-state index is 0. The second-order valence-electron chi connectivity index (χ2n) is 5.52. The fourth-order valence-electron chi connectivity index (χ4n) is 2.17. The molecule has 1 amide bonds. The highest BCUT2D eigenvalue weighted by molar-refractivity contribution is 14.0. The average Bonchev–Trinajstić information content (AvgIpc) is 2.61. The van der Waals surface area contributed by atoms with Crippen LogP contribution in [0, 0.1) is 18.6 Å². The van der Waals surface area contributed by atoms with E-state index in [-0.39, 0.29) is 48.5 Å². The van der Waals surface area contributed by atoms with Gasteiger partial charge >= 0.3 is 0 Å². The summed E-state index contributed by atoms with van der Waals surface area (Å²) in [6, 6.07) is 8.82. The minimum atomic E-state index is -0.519. The maximum absolute atomic E-state index is 13.6. The van der Waals surface area contributed by atoms with E-state index < -0.39 is 11.6 Å². The SMILES string of the molecule is CN=C(NCC(=O)Nc1cc(Br)ccc1C)NCc1cc(F)ccc1F.I. The zero-order valence-corrected chi connectivity index (χ0v) is 18.7. The molecule has 5 nitrogen and oxygen atoms in total. The van der Waals surface area contributed by atoms with Gasteiger partial charge in [-0.3, -0.25) is 9.79 Å². The third-order valence-corrected chi connectivity index (χ3v) is 4.06. The van der Waals surface area contributed by atoms with Gasteiger partial charge in [0.2, 0.25) is 5.91 Å². The Bertz CT molecular complexity index is 833. The molecular formula is C18H20BrF2IN4O. The van der Waals surface area contributed by atoms with E-state index in [2.05, 4.69) is 36.9 Å². The Balaban J connectivity index is 0.00000364. The first-order chi connectivity index (χ1) is 12.4. The molecular weight excluding hydrogens is 533 g/mol. The van der Waals surface area contributed by atoms with Crippen molar-refractivity contribution in [3.05, 3.63) is 63.6 Å². The molecule has 2 rings (SSSR count). The van der Waals surface area contributed by atoms with E-state index in [0.29, 0.717) is 11.6 Å². The number of nitrogens with zero attached hydrogens (tertiary/aromatic N) is 1. The standard InChI is InChI=1S/C18H19BrF2N4O.HI/c1-11-3-4-13(19)8-16(11)25-17(26)10-24-18(22-2)23-9-12-7-14(20)5-6-15(12)21;/h3-8H,9-10H2,1-2H3,(H,25,26)(H2,22,23,24);1H. The second kappa shape index (κ2) is 11.2. The van der Waals surface area contributed by atoms with Crippen molar-refractivity contribution in [1.29, 1.82) is 0 Å². The molecule has 27 heavy (non-hydrogen) atoms. The Morgan fingerprint density at radius 3 is 2.59 bits per heavy atom. The van der Waals surface area contributed by atoms with Crippen LogP contribution in [-0.4, -0.2) is 25.5 Å². The fraction of sp³-hybridized carbons (Fsp3) is 0.222. The maximum atomic E-state index is 13.6. The van der Waals surface area contributed by atoms with Gasteiger partial charge in [-0.2, -0.15) is 0 Å². The van der Waals surface area contributed by atoms with Crippen molar-refractivity contribution in [1.82, 2.24) is 10.6 Å². The maximum Gasteiger partial charge on any atom is 0.243 e. The molecule has 0 aliphatic rings. The number of rotatable bonds is 5. The Morgan fingerprint density at radius 2 is 1.89 bits per heavy atom. The lowest BCUT2D eigenvalue weighted by atomic mass is 10.2. The Labute approximate surface area is 182 Å². The summed E-state index contributed by atoms with van der Waals surface area (Å²) < 4.78 is 27.7. The van der Waals surface area contributed by atoms with Gasteiger partial charge in [0.05, 0.1) is 6.54 Å². The third kappa shape index (κ3) is 7.41. The molecule has 0 heterocycles. The minimum Gasteiger partial charge on any atom is -0.352 e. The largest absolute Gasteiger partial charge is 0.352 e. The molecule has 0 aliphatic carbocycles. The van der Waals surface area contributed by atoms with Crippen molar-refractivity contribution in [3.8, 4) is 0 Å². The van der Waals surface area contributed by atoms with Crippen LogP contribution in [0.3, 0.4) is 0 Å². The first-order valence-corrected chi connectivity index (χ1v) is 8.63. The smallest absolute Gasteiger partial charge is 0.243 e. The van der Waals surface area contributed by atoms with E-state index in [0.717, 1.165) is 28.2 Å². The van der Waals surface area contributed by atoms with Crippen LogP contribution in [0.4, 0.5) is 14.5 Å². The predicted octanol–water partition coefficient (Wildman–Crippen LogP) is 3.96. The number of benzene rings is 2. The number of carbonyl (C=O) groups excluding carboxylic acids is 1. The van der Waals surface area contributed by atoms with Crippen LogP contribution >= 0.6 is 39.9 Å². The zero-order valence-electron chi connectivity index (χ0n) is 14.8. The van der Waals surface area contributed by atoms with Crippen LogP contribution in [-0.2, 0) is 11.3 Å². The number of guanidine groups is 1. The average molecular weight is 553 g/mol. The highest BCUT2D eigenvalue weighted by Crippen LogP contribution is 2.20. The zero-order chi connectivity index (χ0) is 19.1. The van der Waals surface area contributed by atoms with Crippen molar-refractivity contribution in [2.75, 3.05) is 18.9 Å². The molecule has 0 spiro atoms. The van der Waals surface area contributed by atoms with Gasteiger partial charge in [0.15, 0.2) is 5.96 Å². The summed E-state index contributed by atoms with van der Waals surface area (Å²) in [7, 11) is 1.52. The Kier molecular flexibility index (Phi) is 9.64. The van der Waals surface area contributed by atoms with E-state index >= 15 is 0 Å². The van der Waals surface area contributed by atoms with Crippen molar-refractivity contribution < 1.29 is 13.6 Å². The molecule has 0 atom stereocenters. The number of halogens is 4. The molecule has 0 aliphatic heterocycles. The van der Waals surface area contributed by atoms with Crippen LogP contribution in [0.25, 0.3) is 0 Å². The van der Waals surface area contributed by atoms with Crippen molar-refractivity contribution in [2.24, 2.45) is 4.99 Å². The van der Waals surface area contributed by atoms with Crippen LogP contribution in [0.5, 0.6) is 0 Å². The van der Waals surface area contributed by atoms with E-state index in [1.54, 1.807) is 0 Å². The molecule has 9 heteroatoms. The molecule has 0 saturated carbocycles. The summed E-state index contributed by atoms with van der Waals surface area (Å²) in [5, 5.41) is 8.46. The van der Waals surface area contributed by atoms with Gasteiger partial charge in [-0.15, -0.1) is 24.0 Å². The van der Waals surface area contributed by atoms with Gasteiger partial charge in [-0.1, -0.05) is 22.0 Å². The Morgan fingerprint density at radius 1 is 1.15 bits per heavy atom. The molecule has 0 unspecified atom stereocenters. The van der Waals surface area contributed by atoms with Crippen LogP contribution < -0.4 is 16.0 Å². The van der Waals surface area contributed by atoms with Crippen molar-refractivity contribution >= 4 is 57.5 Å². The predicted molar refractivity (Wildman–Crippen MR) is 117 cm³/mol. The Hall–Kier alpha value is -1.75. The normalized spacial score (nSPS) is 10.8. The molecule has 0 saturated heterocycles. The topological polar surface area (TPSA) is 65.5 Å². The van der Waals surface area contributed by atoms with Crippen molar-refractivity contribution in [2.45, 2.75) is 13.5 Å². The summed E-state index contributed by atoms with van der Waals surface area (Å²) >= 11 is 3.36. The number of aliphatic imine (C=N–C) groups is 1. The van der Waals surface area contributed by atoms with E-state index in [4.69, 9.17) is 0 Å². The van der Waals surface area contributed by atoms with E-state index in [1.807, 2.05) is 25.1 Å². The van der Waals surface area contributed by atoms with Gasteiger partial charge in [0.25, 0.3) is 0 Å². The highest BCUT2D eigenvalue weighted by Gasteiger charge is 2.08. The van der Waals surface area contributed by atoms with Crippen LogP contribution in [0.2, 0.25) is 0 Å². The van der Waals surface area contributed by atoms with Gasteiger partial charge in [-0.25, -0.2) is 8.78 Å².